The van der Waals surface area contributed by atoms with Crippen molar-refractivity contribution < 1.29 is 0 Å². The Morgan fingerprint density at radius 3 is 2.42 bits per heavy atom. The Labute approximate surface area is 120 Å². The lowest BCUT2D eigenvalue weighted by molar-refractivity contribution is 0.0563. The molecule has 112 valence electrons. The monoisotopic (exact) mass is 266 g/mol. The van der Waals surface area contributed by atoms with Gasteiger partial charge in [0.15, 0.2) is 0 Å². The molecule has 1 heterocycles. The summed E-state index contributed by atoms with van der Waals surface area (Å²) in [5, 5.41) is 3.64. The molecule has 0 aromatic heterocycles. The fourth-order valence-corrected chi connectivity index (χ4v) is 4.30. The zero-order valence-electron chi connectivity index (χ0n) is 13.2. The molecule has 0 bridgehead atoms. The zero-order valence-corrected chi connectivity index (χ0v) is 13.2. The van der Waals surface area contributed by atoms with Crippen LogP contribution in [0, 0.1) is 0 Å². The second-order valence-electron chi connectivity index (χ2n) is 6.63. The summed E-state index contributed by atoms with van der Waals surface area (Å²) in [6.45, 7) is 3.70. The predicted molar refractivity (Wildman–Crippen MR) is 83.6 cm³/mol. The van der Waals surface area contributed by atoms with E-state index in [1.54, 1.807) is 0 Å². The average molecular weight is 266 g/mol. The average Bonchev–Trinajstić information content (AvgIpc) is 2.40. The van der Waals surface area contributed by atoms with E-state index in [9.17, 15) is 0 Å². The molecule has 3 atom stereocenters. The smallest absolute Gasteiger partial charge is 0.0252 e. The molecule has 1 saturated carbocycles. The number of nitrogens with one attached hydrogen (secondary N) is 1. The number of rotatable bonds is 4. The lowest BCUT2D eigenvalue weighted by atomic mass is 9.87. The van der Waals surface area contributed by atoms with Crippen LogP contribution in [0.4, 0.5) is 0 Å². The van der Waals surface area contributed by atoms with E-state index >= 15 is 0 Å². The lowest BCUT2D eigenvalue weighted by Gasteiger charge is -2.45. The summed E-state index contributed by atoms with van der Waals surface area (Å²) in [4.78, 5) is 2.90. The van der Waals surface area contributed by atoms with E-state index in [0.29, 0.717) is 0 Å². The van der Waals surface area contributed by atoms with Gasteiger partial charge in [-0.2, -0.15) is 0 Å². The molecule has 0 spiro atoms. The first kappa shape index (κ1) is 15.3. The molecule has 2 fully saturated rings. The molecule has 0 radical (unpaired) electrons. The molecule has 2 aliphatic rings. The van der Waals surface area contributed by atoms with Crippen LogP contribution in [0.1, 0.15) is 77.6 Å². The molecule has 1 aliphatic carbocycles. The summed E-state index contributed by atoms with van der Waals surface area (Å²) in [5.41, 5.74) is 0. The lowest BCUT2D eigenvalue weighted by Crippen LogP contribution is -2.54. The molecule has 3 unspecified atom stereocenters. The highest BCUT2D eigenvalue weighted by molar-refractivity contribution is 4.90. The molecule has 0 amide bonds. The highest BCUT2D eigenvalue weighted by Gasteiger charge is 2.32. The van der Waals surface area contributed by atoms with Crippen molar-refractivity contribution in [3.8, 4) is 0 Å². The molecule has 19 heavy (non-hydrogen) atoms. The maximum Gasteiger partial charge on any atom is 0.0252 e. The van der Waals surface area contributed by atoms with Gasteiger partial charge in [-0.25, -0.2) is 0 Å². The van der Waals surface area contributed by atoms with Crippen molar-refractivity contribution in [2.75, 3.05) is 13.6 Å². The first-order chi connectivity index (χ1) is 9.36. The Bertz CT molecular complexity index is 239. The van der Waals surface area contributed by atoms with Gasteiger partial charge >= 0.3 is 0 Å². The van der Waals surface area contributed by atoms with Crippen molar-refractivity contribution in [3.05, 3.63) is 0 Å². The van der Waals surface area contributed by atoms with Gasteiger partial charge in [0.25, 0.3) is 0 Å². The first-order valence-electron chi connectivity index (χ1n) is 8.79. The Balaban J connectivity index is 2.04. The minimum atomic E-state index is 0.734. The van der Waals surface area contributed by atoms with Gasteiger partial charge in [0, 0.05) is 18.1 Å². The minimum absolute atomic E-state index is 0.734. The van der Waals surface area contributed by atoms with Crippen LogP contribution < -0.4 is 5.32 Å². The van der Waals surface area contributed by atoms with Gasteiger partial charge in [0.1, 0.15) is 0 Å². The van der Waals surface area contributed by atoms with Gasteiger partial charge in [-0.05, 0) is 45.7 Å². The van der Waals surface area contributed by atoms with Crippen molar-refractivity contribution in [2.24, 2.45) is 0 Å². The third kappa shape index (κ3) is 4.19. The summed E-state index contributed by atoms with van der Waals surface area (Å²) in [5.74, 6) is 0. The molecule has 1 saturated heterocycles. The highest BCUT2D eigenvalue weighted by Crippen LogP contribution is 2.29. The fourth-order valence-electron chi connectivity index (χ4n) is 4.30. The summed E-state index contributed by atoms with van der Waals surface area (Å²) in [6, 6.07) is 2.42. The predicted octanol–water partition coefficient (Wildman–Crippen LogP) is 3.95. The van der Waals surface area contributed by atoms with E-state index in [1.165, 1.54) is 77.2 Å². The second-order valence-corrected chi connectivity index (χ2v) is 6.63. The van der Waals surface area contributed by atoms with Gasteiger partial charge in [-0.3, -0.25) is 4.90 Å². The summed E-state index contributed by atoms with van der Waals surface area (Å²) in [7, 11) is 2.18. The zero-order chi connectivity index (χ0) is 13.5. The van der Waals surface area contributed by atoms with Crippen LogP contribution in [0.15, 0.2) is 0 Å². The minimum Gasteiger partial charge on any atom is -0.315 e. The second kappa shape index (κ2) is 8.26. The number of piperidine rings is 1. The van der Waals surface area contributed by atoms with Crippen molar-refractivity contribution in [2.45, 2.75) is 95.7 Å². The summed E-state index contributed by atoms with van der Waals surface area (Å²) >= 11 is 0. The molecule has 0 aromatic rings. The molecular weight excluding hydrogens is 232 g/mol. The molecule has 2 nitrogen and oxygen atoms in total. The van der Waals surface area contributed by atoms with Crippen LogP contribution in [0.25, 0.3) is 0 Å². The van der Waals surface area contributed by atoms with E-state index in [4.69, 9.17) is 0 Å². The summed E-state index contributed by atoms with van der Waals surface area (Å²) < 4.78 is 0. The van der Waals surface area contributed by atoms with E-state index < -0.39 is 0 Å². The Kier molecular flexibility index (Phi) is 6.66. The standard InChI is InChI=1S/C17H34N2/c1-3-10-15-11-8-9-14-19(15)17-13-7-5-4-6-12-16(17)18-2/h15-18H,3-14H2,1-2H3. The van der Waals surface area contributed by atoms with Crippen LogP contribution >= 0.6 is 0 Å². The van der Waals surface area contributed by atoms with Crippen molar-refractivity contribution in [1.82, 2.24) is 10.2 Å². The first-order valence-corrected chi connectivity index (χ1v) is 8.79. The fraction of sp³-hybridized carbons (Fsp3) is 1.00. The van der Waals surface area contributed by atoms with Crippen LogP contribution in [0.2, 0.25) is 0 Å². The number of hydrogen-bond donors (Lipinski definition) is 1. The normalized spacial score (nSPS) is 34.7. The molecule has 0 aromatic carbocycles. The number of likely N-dealkylation sites (tertiary alicyclic amines) is 1. The molecule has 2 heteroatoms. The molecular formula is C17H34N2. The van der Waals surface area contributed by atoms with Crippen LogP contribution in [0.5, 0.6) is 0 Å². The van der Waals surface area contributed by atoms with Crippen molar-refractivity contribution in [1.29, 1.82) is 0 Å². The molecule has 1 N–H and O–H groups in total. The van der Waals surface area contributed by atoms with Gasteiger partial charge in [-0.1, -0.05) is 45.4 Å². The quantitative estimate of drug-likeness (QED) is 0.829. The van der Waals surface area contributed by atoms with E-state index in [0.717, 1.165) is 18.1 Å². The van der Waals surface area contributed by atoms with E-state index in [-0.39, 0.29) is 0 Å². The topological polar surface area (TPSA) is 15.3 Å². The highest BCUT2D eigenvalue weighted by atomic mass is 15.2. The van der Waals surface area contributed by atoms with Crippen LogP contribution in [-0.4, -0.2) is 36.6 Å². The summed E-state index contributed by atoms with van der Waals surface area (Å²) in [6.07, 6.45) is 15.7. The van der Waals surface area contributed by atoms with Crippen molar-refractivity contribution >= 4 is 0 Å². The third-order valence-corrected chi connectivity index (χ3v) is 5.32. The number of nitrogens with zero attached hydrogens (tertiary/aromatic N) is 1. The molecule has 1 aliphatic heterocycles. The Hall–Kier alpha value is -0.0800. The number of hydrogen-bond acceptors (Lipinski definition) is 2. The Morgan fingerprint density at radius 1 is 0.947 bits per heavy atom. The van der Waals surface area contributed by atoms with Gasteiger partial charge in [0.2, 0.25) is 0 Å². The van der Waals surface area contributed by atoms with Crippen LogP contribution in [0.3, 0.4) is 0 Å². The largest absolute Gasteiger partial charge is 0.315 e. The molecule has 2 rings (SSSR count). The Morgan fingerprint density at radius 2 is 1.68 bits per heavy atom. The maximum absolute atomic E-state index is 3.64. The number of likely N-dealkylation sites (N-methyl/N-ethyl adjacent to an activating group) is 1. The SMILES string of the molecule is CCCC1CCCCN1C1CCCCCCC1NC. The maximum atomic E-state index is 3.64. The van der Waals surface area contributed by atoms with Gasteiger partial charge in [-0.15, -0.1) is 0 Å². The van der Waals surface area contributed by atoms with Crippen LogP contribution in [-0.2, 0) is 0 Å². The third-order valence-electron chi connectivity index (χ3n) is 5.32. The van der Waals surface area contributed by atoms with Gasteiger partial charge < -0.3 is 5.32 Å². The van der Waals surface area contributed by atoms with Crippen molar-refractivity contribution in [3.63, 3.8) is 0 Å². The van der Waals surface area contributed by atoms with Gasteiger partial charge in [0.05, 0.1) is 0 Å². The van der Waals surface area contributed by atoms with E-state index in [1.807, 2.05) is 0 Å². The van der Waals surface area contributed by atoms with E-state index in [2.05, 4.69) is 24.2 Å².